The SMILES string of the molecule is CC(C)=CCO[C@H]1CCOC[C@H]1NC(=O)c1ccc[nH]1. The monoisotopic (exact) mass is 278 g/mol. The Balaban J connectivity index is 1.89. The summed E-state index contributed by atoms with van der Waals surface area (Å²) in [7, 11) is 0. The van der Waals surface area contributed by atoms with Crippen LogP contribution in [0.2, 0.25) is 0 Å². The molecular weight excluding hydrogens is 256 g/mol. The van der Waals surface area contributed by atoms with E-state index in [2.05, 4.69) is 10.3 Å². The summed E-state index contributed by atoms with van der Waals surface area (Å²) < 4.78 is 11.3. The van der Waals surface area contributed by atoms with Gasteiger partial charge in [0.1, 0.15) is 5.69 Å². The van der Waals surface area contributed by atoms with Crippen molar-refractivity contribution in [3.63, 3.8) is 0 Å². The molecule has 2 heterocycles. The molecule has 1 aromatic heterocycles. The lowest BCUT2D eigenvalue weighted by molar-refractivity contribution is -0.0457. The van der Waals surface area contributed by atoms with Crippen molar-refractivity contribution in [2.75, 3.05) is 19.8 Å². The van der Waals surface area contributed by atoms with E-state index in [9.17, 15) is 4.79 Å². The maximum atomic E-state index is 12.0. The number of aromatic nitrogens is 1. The molecule has 1 aliphatic rings. The quantitative estimate of drug-likeness (QED) is 0.808. The van der Waals surface area contributed by atoms with Gasteiger partial charge in [-0.2, -0.15) is 0 Å². The number of allylic oxidation sites excluding steroid dienone is 1. The molecule has 0 radical (unpaired) electrons. The van der Waals surface area contributed by atoms with E-state index < -0.39 is 0 Å². The van der Waals surface area contributed by atoms with Crippen LogP contribution in [-0.4, -0.2) is 42.9 Å². The first-order valence-corrected chi connectivity index (χ1v) is 6.94. The largest absolute Gasteiger partial charge is 0.379 e. The van der Waals surface area contributed by atoms with E-state index in [1.165, 1.54) is 5.57 Å². The molecule has 20 heavy (non-hydrogen) atoms. The van der Waals surface area contributed by atoms with Crippen LogP contribution in [0, 0.1) is 0 Å². The highest BCUT2D eigenvalue weighted by molar-refractivity contribution is 5.92. The Bertz CT molecular complexity index is 450. The Hall–Kier alpha value is -1.59. The maximum absolute atomic E-state index is 12.0. The first-order valence-electron chi connectivity index (χ1n) is 6.94. The zero-order chi connectivity index (χ0) is 14.4. The van der Waals surface area contributed by atoms with Gasteiger partial charge in [-0.25, -0.2) is 0 Å². The zero-order valence-electron chi connectivity index (χ0n) is 12.0. The molecule has 1 aromatic rings. The van der Waals surface area contributed by atoms with Crippen molar-refractivity contribution in [3.05, 3.63) is 35.7 Å². The van der Waals surface area contributed by atoms with Gasteiger partial charge in [-0.1, -0.05) is 11.6 Å². The summed E-state index contributed by atoms with van der Waals surface area (Å²) in [5.74, 6) is -0.124. The van der Waals surface area contributed by atoms with Crippen molar-refractivity contribution < 1.29 is 14.3 Å². The fourth-order valence-electron chi connectivity index (χ4n) is 2.11. The van der Waals surface area contributed by atoms with Crippen LogP contribution in [0.25, 0.3) is 0 Å². The standard InChI is InChI=1S/C15H22N2O3/c1-11(2)5-9-20-14-6-8-19-10-13(14)17-15(18)12-4-3-7-16-12/h3-5,7,13-14,16H,6,8-10H2,1-2H3,(H,17,18)/t13-,14+/m1/s1. The van der Waals surface area contributed by atoms with Crippen LogP contribution in [0.4, 0.5) is 0 Å². The summed E-state index contributed by atoms with van der Waals surface area (Å²) in [5.41, 5.74) is 1.78. The minimum absolute atomic E-state index is 0.00161. The van der Waals surface area contributed by atoms with Gasteiger partial charge in [-0.15, -0.1) is 0 Å². The van der Waals surface area contributed by atoms with Gasteiger partial charge in [0.05, 0.1) is 25.4 Å². The Kier molecular flexibility index (Phi) is 5.38. The molecule has 1 amide bonds. The van der Waals surface area contributed by atoms with Gasteiger partial charge in [0.15, 0.2) is 0 Å². The van der Waals surface area contributed by atoms with Crippen LogP contribution in [0.3, 0.4) is 0 Å². The fraction of sp³-hybridized carbons (Fsp3) is 0.533. The molecule has 5 heteroatoms. The lowest BCUT2D eigenvalue weighted by Crippen LogP contribution is -2.50. The molecule has 0 aliphatic carbocycles. The number of hydrogen-bond donors (Lipinski definition) is 2. The predicted molar refractivity (Wildman–Crippen MR) is 76.7 cm³/mol. The Morgan fingerprint density at radius 1 is 1.60 bits per heavy atom. The van der Waals surface area contributed by atoms with E-state index >= 15 is 0 Å². The van der Waals surface area contributed by atoms with E-state index in [4.69, 9.17) is 9.47 Å². The first kappa shape index (κ1) is 14.8. The second-order valence-electron chi connectivity index (χ2n) is 5.18. The molecule has 0 unspecified atom stereocenters. The van der Waals surface area contributed by atoms with E-state index in [0.29, 0.717) is 25.5 Å². The summed E-state index contributed by atoms with van der Waals surface area (Å²) in [6, 6.07) is 3.44. The molecule has 0 saturated carbocycles. The smallest absolute Gasteiger partial charge is 0.268 e. The third kappa shape index (κ3) is 4.21. The van der Waals surface area contributed by atoms with Crippen molar-refractivity contribution in [2.24, 2.45) is 0 Å². The van der Waals surface area contributed by atoms with Crippen LogP contribution in [0.15, 0.2) is 30.0 Å². The summed E-state index contributed by atoms with van der Waals surface area (Å²) in [5, 5.41) is 2.97. The molecule has 0 bridgehead atoms. The average Bonchev–Trinajstić information content (AvgIpc) is 2.94. The number of rotatable bonds is 5. The lowest BCUT2D eigenvalue weighted by Gasteiger charge is -2.31. The number of carbonyl (C=O) groups excluding carboxylic acids is 1. The molecule has 1 aliphatic heterocycles. The summed E-state index contributed by atoms with van der Waals surface area (Å²) in [6.45, 7) is 5.82. The minimum atomic E-state index is -0.124. The minimum Gasteiger partial charge on any atom is -0.379 e. The van der Waals surface area contributed by atoms with E-state index in [-0.39, 0.29) is 18.1 Å². The van der Waals surface area contributed by atoms with Crippen LogP contribution in [0.1, 0.15) is 30.8 Å². The molecule has 2 atom stereocenters. The molecular formula is C15H22N2O3. The van der Waals surface area contributed by atoms with Crippen molar-refractivity contribution in [1.29, 1.82) is 0 Å². The van der Waals surface area contributed by atoms with E-state index in [0.717, 1.165) is 6.42 Å². The molecule has 2 N–H and O–H groups in total. The highest BCUT2D eigenvalue weighted by Crippen LogP contribution is 2.13. The normalized spacial score (nSPS) is 22.3. The Morgan fingerprint density at radius 3 is 3.15 bits per heavy atom. The summed E-state index contributed by atoms with van der Waals surface area (Å²) >= 11 is 0. The number of hydrogen-bond acceptors (Lipinski definition) is 3. The van der Waals surface area contributed by atoms with Gasteiger partial charge in [-0.05, 0) is 32.4 Å². The number of ether oxygens (including phenoxy) is 2. The number of amides is 1. The molecule has 5 nitrogen and oxygen atoms in total. The van der Waals surface area contributed by atoms with E-state index in [1.54, 1.807) is 18.3 Å². The van der Waals surface area contributed by atoms with Gasteiger partial charge in [0.25, 0.3) is 5.91 Å². The molecule has 1 saturated heterocycles. The second-order valence-corrected chi connectivity index (χ2v) is 5.18. The molecule has 0 aromatic carbocycles. The zero-order valence-corrected chi connectivity index (χ0v) is 12.0. The molecule has 2 rings (SSSR count). The Morgan fingerprint density at radius 2 is 2.45 bits per heavy atom. The van der Waals surface area contributed by atoms with Crippen LogP contribution < -0.4 is 5.32 Å². The van der Waals surface area contributed by atoms with Gasteiger partial charge in [0.2, 0.25) is 0 Å². The second kappa shape index (κ2) is 7.26. The van der Waals surface area contributed by atoms with Gasteiger partial charge >= 0.3 is 0 Å². The predicted octanol–water partition coefficient (Wildman–Crippen LogP) is 1.88. The lowest BCUT2D eigenvalue weighted by atomic mass is 10.1. The highest BCUT2D eigenvalue weighted by Gasteiger charge is 2.28. The third-order valence-electron chi connectivity index (χ3n) is 3.25. The van der Waals surface area contributed by atoms with Crippen LogP contribution in [0.5, 0.6) is 0 Å². The topological polar surface area (TPSA) is 63.4 Å². The van der Waals surface area contributed by atoms with Crippen molar-refractivity contribution in [3.8, 4) is 0 Å². The van der Waals surface area contributed by atoms with Gasteiger partial charge < -0.3 is 19.8 Å². The third-order valence-corrected chi connectivity index (χ3v) is 3.25. The van der Waals surface area contributed by atoms with Crippen LogP contribution >= 0.6 is 0 Å². The van der Waals surface area contributed by atoms with Gasteiger partial charge in [0, 0.05) is 12.8 Å². The first-order chi connectivity index (χ1) is 9.66. The highest BCUT2D eigenvalue weighted by atomic mass is 16.5. The van der Waals surface area contributed by atoms with Crippen LogP contribution in [-0.2, 0) is 9.47 Å². The molecule has 110 valence electrons. The number of carbonyl (C=O) groups is 1. The number of aromatic amines is 1. The Labute approximate surface area is 119 Å². The van der Waals surface area contributed by atoms with Gasteiger partial charge in [-0.3, -0.25) is 4.79 Å². The van der Waals surface area contributed by atoms with Crippen molar-refractivity contribution in [1.82, 2.24) is 10.3 Å². The van der Waals surface area contributed by atoms with Crippen molar-refractivity contribution >= 4 is 5.91 Å². The number of nitrogens with one attached hydrogen (secondary N) is 2. The average molecular weight is 278 g/mol. The number of H-pyrrole nitrogens is 1. The molecule has 0 spiro atoms. The summed E-state index contributed by atoms with van der Waals surface area (Å²) in [4.78, 5) is 14.9. The maximum Gasteiger partial charge on any atom is 0.268 e. The summed E-state index contributed by atoms with van der Waals surface area (Å²) in [6.07, 6.45) is 4.57. The molecule has 1 fully saturated rings. The van der Waals surface area contributed by atoms with Crippen molar-refractivity contribution in [2.45, 2.75) is 32.4 Å². The van der Waals surface area contributed by atoms with E-state index in [1.807, 2.05) is 19.9 Å². The fourth-order valence-corrected chi connectivity index (χ4v) is 2.11.